The predicted octanol–water partition coefficient (Wildman–Crippen LogP) is 4.53. The topological polar surface area (TPSA) is 139 Å². The molecule has 12 heteroatoms. The number of carbonyl (C=O) groups excluding carboxylic acids is 2. The van der Waals surface area contributed by atoms with Crippen molar-refractivity contribution in [3.05, 3.63) is 102 Å². The van der Waals surface area contributed by atoms with Gasteiger partial charge in [-0.1, -0.05) is 0 Å². The molecule has 2 amide bonds. The highest BCUT2D eigenvalue weighted by molar-refractivity contribution is 7.92. The van der Waals surface area contributed by atoms with Crippen molar-refractivity contribution in [1.82, 2.24) is 0 Å². The summed E-state index contributed by atoms with van der Waals surface area (Å²) in [4.78, 5) is 26.8. The van der Waals surface area contributed by atoms with E-state index in [2.05, 4.69) is 10.0 Å². The molecule has 4 aromatic carbocycles. The number of rotatable bonds is 8. The minimum atomic E-state index is -4.11. The van der Waals surface area contributed by atoms with Gasteiger partial charge in [-0.2, -0.15) is 0 Å². The van der Waals surface area contributed by atoms with E-state index < -0.39 is 31.7 Å². The van der Waals surface area contributed by atoms with Gasteiger partial charge in [-0.05, 0) is 91.0 Å². The quantitative estimate of drug-likeness (QED) is 0.291. The fourth-order valence-corrected chi connectivity index (χ4v) is 5.81. The number of nitrogens with one attached hydrogen (secondary N) is 2. The number of hydrogen-bond donors (Lipinski definition) is 2. The van der Waals surface area contributed by atoms with Crippen LogP contribution in [0.1, 0.15) is 20.7 Å². The van der Waals surface area contributed by atoms with Crippen LogP contribution in [0.2, 0.25) is 0 Å². The van der Waals surface area contributed by atoms with E-state index in [1.165, 1.54) is 36.4 Å². The van der Waals surface area contributed by atoms with Crippen LogP contribution in [0.15, 0.2) is 101 Å². The molecule has 0 saturated carbocycles. The van der Waals surface area contributed by atoms with Gasteiger partial charge in [-0.3, -0.25) is 14.3 Å². The smallest absolute Gasteiger partial charge is 0.266 e. The molecule has 0 unspecified atom stereocenters. The Morgan fingerprint density at radius 3 is 1.73 bits per heavy atom. The van der Waals surface area contributed by atoms with Gasteiger partial charge in [-0.15, -0.1) is 0 Å². The minimum absolute atomic E-state index is 0.0371. The molecular weight excluding hydrogens is 554 g/mol. The van der Waals surface area contributed by atoms with Crippen molar-refractivity contribution in [2.24, 2.45) is 0 Å². The molecular formula is C28H23N3O7S2. The molecule has 1 heterocycles. The lowest BCUT2D eigenvalue weighted by molar-refractivity contribution is 0.0926. The molecule has 1 aliphatic heterocycles. The maximum Gasteiger partial charge on any atom is 0.266 e. The van der Waals surface area contributed by atoms with Gasteiger partial charge in [0, 0.05) is 24.7 Å². The summed E-state index contributed by atoms with van der Waals surface area (Å²) in [5.41, 5.74) is 1.34. The highest BCUT2D eigenvalue weighted by Crippen LogP contribution is 2.31. The number of benzene rings is 4. The normalized spacial score (nSPS) is 13.2. The third-order valence-corrected chi connectivity index (χ3v) is 8.68. The van der Waals surface area contributed by atoms with Crippen LogP contribution >= 0.6 is 0 Å². The second kappa shape index (κ2) is 10.1. The second-order valence-electron chi connectivity index (χ2n) is 8.93. The Bertz CT molecular complexity index is 1840. The molecule has 0 saturated heterocycles. The summed E-state index contributed by atoms with van der Waals surface area (Å²) in [5.74, 6) is -0.231. The van der Waals surface area contributed by atoms with Gasteiger partial charge in [0.25, 0.3) is 21.8 Å². The van der Waals surface area contributed by atoms with Crippen LogP contribution in [-0.4, -0.2) is 42.0 Å². The molecule has 40 heavy (non-hydrogen) atoms. The van der Waals surface area contributed by atoms with E-state index >= 15 is 0 Å². The molecule has 5 rings (SSSR count). The lowest BCUT2D eigenvalue weighted by Crippen LogP contribution is -2.29. The van der Waals surface area contributed by atoms with E-state index in [0.29, 0.717) is 11.5 Å². The molecule has 0 bridgehead atoms. The first-order valence-electron chi connectivity index (χ1n) is 11.9. The number of fused-ring (bicyclic) bond motifs is 1. The summed E-state index contributed by atoms with van der Waals surface area (Å²) in [5, 5.41) is 3.02. The second-order valence-corrected chi connectivity index (χ2v) is 12.6. The molecule has 0 spiro atoms. The van der Waals surface area contributed by atoms with Crippen molar-refractivity contribution < 1.29 is 31.2 Å². The number of carbonyl (C=O) groups is 2. The van der Waals surface area contributed by atoms with Crippen molar-refractivity contribution in [2.75, 3.05) is 28.2 Å². The van der Waals surface area contributed by atoms with E-state index in [-0.39, 0.29) is 32.3 Å². The number of amides is 2. The minimum Gasteiger partial charge on any atom is -0.457 e. The third-order valence-electron chi connectivity index (χ3n) is 6.18. The number of sulfonamides is 1. The fraction of sp³-hybridized carbons (Fsp3) is 0.0714. The lowest BCUT2D eigenvalue weighted by Gasteiger charge is -2.14. The average Bonchev–Trinajstić information content (AvgIpc) is 3.18. The van der Waals surface area contributed by atoms with Gasteiger partial charge in [0.1, 0.15) is 11.5 Å². The summed E-state index contributed by atoms with van der Waals surface area (Å²) in [7, 11) is -5.75. The third kappa shape index (κ3) is 5.26. The van der Waals surface area contributed by atoms with Gasteiger partial charge in [0.05, 0.1) is 26.6 Å². The van der Waals surface area contributed by atoms with Crippen molar-refractivity contribution in [3.63, 3.8) is 0 Å². The van der Waals surface area contributed by atoms with Crippen LogP contribution in [0.25, 0.3) is 0 Å². The Labute approximate surface area is 231 Å². The average molecular weight is 578 g/mol. The highest BCUT2D eigenvalue weighted by atomic mass is 32.2. The zero-order valence-electron chi connectivity index (χ0n) is 21.3. The first-order chi connectivity index (χ1) is 19.0. The summed E-state index contributed by atoms with van der Waals surface area (Å²) in [6.07, 6.45) is 1.05. The van der Waals surface area contributed by atoms with Crippen molar-refractivity contribution >= 4 is 48.7 Å². The highest BCUT2D eigenvalue weighted by Gasteiger charge is 2.37. The Morgan fingerprint density at radius 2 is 1.18 bits per heavy atom. The Hall–Kier alpha value is -4.68. The number of anilines is 3. The Morgan fingerprint density at radius 1 is 0.650 bits per heavy atom. The van der Waals surface area contributed by atoms with E-state index in [1.54, 1.807) is 36.4 Å². The van der Waals surface area contributed by atoms with Gasteiger partial charge < -0.3 is 10.1 Å². The van der Waals surface area contributed by atoms with Crippen LogP contribution in [0.5, 0.6) is 11.5 Å². The van der Waals surface area contributed by atoms with Gasteiger partial charge in [0.2, 0.25) is 0 Å². The standard InChI is InChI=1S/C28H23N3O7S2/c1-29-18-3-9-21(10-4-18)38-22-11-5-19(6-12-22)30-40(36,37)24-15-16-25-26(17-24)28(33)31(27(25)32)20-7-13-23(14-8-20)39(2,34)35/h3-17,29-30H,1-2H3. The molecule has 204 valence electrons. The summed E-state index contributed by atoms with van der Waals surface area (Å²) >= 11 is 0. The van der Waals surface area contributed by atoms with E-state index in [4.69, 9.17) is 4.74 Å². The Balaban J connectivity index is 1.33. The Kier molecular flexibility index (Phi) is 6.82. The molecule has 1 aliphatic rings. The molecule has 4 aromatic rings. The number of ether oxygens (including phenoxy) is 1. The molecule has 10 nitrogen and oxygen atoms in total. The molecule has 0 radical (unpaired) electrons. The monoisotopic (exact) mass is 577 g/mol. The van der Waals surface area contributed by atoms with Crippen molar-refractivity contribution in [3.8, 4) is 11.5 Å². The van der Waals surface area contributed by atoms with Crippen LogP contribution in [0.4, 0.5) is 17.1 Å². The number of imide groups is 1. The summed E-state index contributed by atoms with van der Waals surface area (Å²) in [6.45, 7) is 0. The van der Waals surface area contributed by atoms with Crippen molar-refractivity contribution in [2.45, 2.75) is 9.79 Å². The van der Waals surface area contributed by atoms with Crippen LogP contribution in [-0.2, 0) is 19.9 Å². The number of nitrogens with zero attached hydrogens (tertiary/aromatic N) is 1. The van der Waals surface area contributed by atoms with Gasteiger partial charge >= 0.3 is 0 Å². The van der Waals surface area contributed by atoms with Crippen LogP contribution < -0.4 is 19.7 Å². The fourth-order valence-electron chi connectivity index (χ4n) is 4.09. The summed E-state index contributed by atoms with van der Waals surface area (Å²) in [6, 6.07) is 22.6. The molecule has 2 N–H and O–H groups in total. The maximum atomic E-state index is 13.1. The van der Waals surface area contributed by atoms with Crippen molar-refractivity contribution in [1.29, 1.82) is 0 Å². The lowest BCUT2D eigenvalue weighted by atomic mass is 10.1. The molecule has 0 aromatic heterocycles. The first kappa shape index (κ1) is 26.9. The zero-order valence-corrected chi connectivity index (χ0v) is 22.9. The number of sulfone groups is 1. The van der Waals surface area contributed by atoms with E-state index in [0.717, 1.165) is 22.9 Å². The first-order valence-corrected chi connectivity index (χ1v) is 15.3. The molecule has 0 fully saturated rings. The van der Waals surface area contributed by atoms with Gasteiger partial charge in [0.15, 0.2) is 9.84 Å². The van der Waals surface area contributed by atoms with E-state index in [9.17, 15) is 26.4 Å². The van der Waals surface area contributed by atoms with Crippen LogP contribution in [0, 0.1) is 0 Å². The van der Waals surface area contributed by atoms with Crippen LogP contribution in [0.3, 0.4) is 0 Å². The van der Waals surface area contributed by atoms with Gasteiger partial charge in [-0.25, -0.2) is 21.7 Å². The van der Waals surface area contributed by atoms with E-state index in [1.807, 2.05) is 19.2 Å². The molecule has 0 aliphatic carbocycles. The zero-order chi connectivity index (χ0) is 28.7. The summed E-state index contributed by atoms with van der Waals surface area (Å²) < 4.78 is 57.9. The largest absolute Gasteiger partial charge is 0.457 e. The number of hydrogen-bond acceptors (Lipinski definition) is 8. The predicted molar refractivity (Wildman–Crippen MR) is 150 cm³/mol. The maximum absolute atomic E-state index is 13.1. The SMILES string of the molecule is CNc1ccc(Oc2ccc(NS(=O)(=O)c3ccc4c(c3)C(=O)N(c3ccc(S(C)(=O)=O)cc3)C4=O)cc2)cc1. The molecule has 0 atom stereocenters.